The van der Waals surface area contributed by atoms with Crippen LogP contribution in [0.1, 0.15) is 57.1 Å². The van der Waals surface area contributed by atoms with Gasteiger partial charge in [-0.1, -0.05) is 50.8 Å². The molecule has 2 nitrogen and oxygen atoms in total. The smallest absolute Gasteiger partial charge is 0.0702 e. The van der Waals surface area contributed by atoms with Crippen LogP contribution in [0.4, 0.5) is 0 Å². The van der Waals surface area contributed by atoms with E-state index in [-0.39, 0.29) is 0 Å². The highest BCUT2D eigenvalue weighted by molar-refractivity contribution is 5.78. The Kier molecular flexibility index (Phi) is 4.87. The lowest BCUT2D eigenvalue weighted by Crippen LogP contribution is -2.28. The number of nitrogens with zero attached hydrogens (tertiary/aromatic N) is 1. The molecule has 0 bridgehead atoms. The fourth-order valence-corrected chi connectivity index (χ4v) is 3.68. The fraction of sp³-hybridized carbons (Fsp3) is 0.526. The summed E-state index contributed by atoms with van der Waals surface area (Å²) < 4.78 is 0. The van der Waals surface area contributed by atoms with Crippen LogP contribution in [0, 0.1) is 5.92 Å². The summed E-state index contributed by atoms with van der Waals surface area (Å²) in [6.07, 6.45) is 10.4. The number of pyridine rings is 1. The van der Waals surface area contributed by atoms with Gasteiger partial charge < -0.3 is 5.32 Å². The van der Waals surface area contributed by atoms with Gasteiger partial charge in [0.15, 0.2) is 0 Å². The third-order valence-electron chi connectivity index (χ3n) is 4.77. The van der Waals surface area contributed by atoms with Crippen LogP contribution >= 0.6 is 0 Å². The van der Waals surface area contributed by atoms with E-state index in [1.165, 1.54) is 49.5 Å². The molecule has 1 N–H and O–H groups in total. The Hall–Kier alpha value is -1.41. The minimum absolute atomic E-state index is 0.463. The number of aromatic nitrogens is 1. The zero-order valence-corrected chi connectivity index (χ0v) is 13.0. The van der Waals surface area contributed by atoms with Crippen LogP contribution in [0.3, 0.4) is 0 Å². The van der Waals surface area contributed by atoms with Crippen molar-refractivity contribution in [3.05, 3.63) is 42.1 Å². The van der Waals surface area contributed by atoms with Crippen molar-refractivity contribution in [2.45, 2.75) is 51.5 Å². The van der Waals surface area contributed by atoms with Crippen molar-refractivity contribution in [3.63, 3.8) is 0 Å². The summed E-state index contributed by atoms with van der Waals surface area (Å²) in [5.74, 6) is 0.760. The lowest BCUT2D eigenvalue weighted by molar-refractivity contribution is 0.330. The molecule has 1 aromatic heterocycles. The second-order valence-electron chi connectivity index (χ2n) is 6.25. The van der Waals surface area contributed by atoms with Gasteiger partial charge in [-0.3, -0.25) is 4.98 Å². The molecule has 1 aromatic carbocycles. The van der Waals surface area contributed by atoms with Crippen LogP contribution in [-0.2, 0) is 0 Å². The van der Waals surface area contributed by atoms with Gasteiger partial charge in [-0.25, -0.2) is 0 Å². The first kappa shape index (κ1) is 14.5. The molecule has 1 aliphatic carbocycles. The largest absolute Gasteiger partial charge is 0.310 e. The molecule has 2 aromatic rings. The summed E-state index contributed by atoms with van der Waals surface area (Å²) in [6.45, 7) is 3.23. The Bertz CT molecular complexity index is 571. The van der Waals surface area contributed by atoms with Gasteiger partial charge in [-0.05, 0) is 43.0 Å². The van der Waals surface area contributed by atoms with Crippen molar-refractivity contribution in [1.29, 1.82) is 0 Å². The normalized spacial score (nSPS) is 18.5. The molecular formula is C19H26N2. The van der Waals surface area contributed by atoms with E-state index in [0.717, 1.165) is 18.0 Å². The van der Waals surface area contributed by atoms with Crippen molar-refractivity contribution in [2.75, 3.05) is 6.54 Å². The first-order chi connectivity index (χ1) is 10.4. The molecule has 0 aliphatic heterocycles. The van der Waals surface area contributed by atoms with Crippen molar-refractivity contribution in [2.24, 2.45) is 5.92 Å². The molecule has 1 aliphatic rings. The molecule has 1 atom stereocenters. The van der Waals surface area contributed by atoms with E-state index in [9.17, 15) is 0 Å². The number of fused-ring (bicyclic) bond motifs is 1. The summed E-state index contributed by atoms with van der Waals surface area (Å²) in [7, 11) is 0. The van der Waals surface area contributed by atoms with Crippen LogP contribution in [0.2, 0.25) is 0 Å². The lowest BCUT2D eigenvalue weighted by Gasteiger charge is -2.27. The van der Waals surface area contributed by atoms with Gasteiger partial charge in [0.2, 0.25) is 0 Å². The number of benzene rings is 1. The van der Waals surface area contributed by atoms with Gasteiger partial charge in [-0.15, -0.1) is 0 Å². The maximum absolute atomic E-state index is 4.66. The molecule has 1 saturated carbocycles. The van der Waals surface area contributed by atoms with Gasteiger partial charge in [0.05, 0.1) is 5.52 Å². The Morgan fingerprint density at radius 2 is 1.90 bits per heavy atom. The van der Waals surface area contributed by atoms with E-state index in [0.29, 0.717) is 6.04 Å². The quantitative estimate of drug-likeness (QED) is 0.810. The lowest BCUT2D eigenvalue weighted by atomic mass is 9.87. The second-order valence-corrected chi connectivity index (χ2v) is 6.25. The van der Waals surface area contributed by atoms with Crippen molar-refractivity contribution < 1.29 is 0 Å². The van der Waals surface area contributed by atoms with E-state index >= 15 is 0 Å². The number of para-hydroxylation sites is 1. The first-order valence-electron chi connectivity index (χ1n) is 8.46. The fourth-order valence-electron chi connectivity index (χ4n) is 3.68. The summed E-state index contributed by atoms with van der Waals surface area (Å²) in [5, 5.41) is 4.98. The Morgan fingerprint density at radius 1 is 1.14 bits per heavy atom. The minimum atomic E-state index is 0.463. The van der Waals surface area contributed by atoms with E-state index in [1.807, 2.05) is 0 Å². The van der Waals surface area contributed by atoms with Gasteiger partial charge in [0, 0.05) is 17.6 Å². The van der Waals surface area contributed by atoms with Crippen LogP contribution in [0.25, 0.3) is 10.9 Å². The third kappa shape index (κ3) is 3.44. The highest BCUT2D eigenvalue weighted by Crippen LogP contribution is 2.34. The number of nitrogens with one attached hydrogen (secondary N) is 1. The van der Waals surface area contributed by atoms with Crippen LogP contribution < -0.4 is 5.32 Å². The van der Waals surface area contributed by atoms with Crippen LogP contribution in [-0.4, -0.2) is 11.5 Å². The molecule has 21 heavy (non-hydrogen) atoms. The zero-order chi connectivity index (χ0) is 14.5. The average molecular weight is 282 g/mol. The minimum Gasteiger partial charge on any atom is -0.310 e. The topological polar surface area (TPSA) is 24.9 Å². The first-order valence-corrected chi connectivity index (χ1v) is 8.46. The van der Waals surface area contributed by atoms with E-state index in [2.05, 4.69) is 53.8 Å². The van der Waals surface area contributed by atoms with Gasteiger partial charge >= 0.3 is 0 Å². The molecule has 0 radical (unpaired) electrons. The molecule has 1 unspecified atom stereocenters. The summed E-state index contributed by atoms with van der Waals surface area (Å²) in [4.78, 5) is 4.66. The van der Waals surface area contributed by atoms with Crippen LogP contribution in [0.5, 0.6) is 0 Å². The molecule has 3 rings (SSSR count). The SMILES string of the molecule is CCNC(c1cnc2ccccc2c1)C1CCCCCC1. The zero-order valence-electron chi connectivity index (χ0n) is 13.0. The van der Waals surface area contributed by atoms with E-state index < -0.39 is 0 Å². The van der Waals surface area contributed by atoms with Gasteiger partial charge in [0.1, 0.15) is 0 Å². The highest BCUT2D eigenvalue weighted by atomic mass is 14.9. The molecular weight excluding hydrogens is 256 g/mol. The molecule has 1 fully saturated rings. The van der Waals surface area contributed by atoms with Crippen molar-refractivity contribution in [1.82, 2.24) is 10.3 Å². The number of rotatable bonds is 4. The van der Waals surface area contributed by atoms with Crippen molar-refractivity contribution in [3.8, 4) is 0 Å². The molecule has 1 heterocycles. The number of hydrogen-bond donors (Lipinski definition) is 1. The summed E-state index contributed by atoms with van der Waals surface area (Å²) in [5.41, 5.74) is 2.46. The predicted molar refractivity (Wildman–Crippen MR) is 89.4 cm³/mol. The Morgan fingerprint density at radius 3 is 2.67 bits per heavy atom. The van der Waals surface area contributed by atoms with E-state index in [1.54, 1.807) is 0 Å². The van der Waals surface area contributed by atoms with E-state index in [4.69, 9.17) is 0 Å². The van der Waals surface area contributed by atoms with Gasteiger partial charge in [0.25, 0.3) is 0 Å². The maximum Gasteiger partial charge on any atom is 0.0702 e. The highest BCUT2D eigenvalue weighted by Gasteiger charge is 2.23. The van der Waals surface area contributed by atoms with Gasteiger partial charge in [-0.2, -0.15) is 0 Å². The standard InChI is InChI=1S/C19H26N2/c1-2-20-19(15-9-5-3-4-6-10-15)17-13-16-11-7-8-12-18(16)21-14-17/h7-8,11-15,19-20H,2-6,9-10H2,1H3. The predicted octanol–water partition coefficient (Wildman–Crippen LogP) is 4.86. The monoisotopic (exact) mass is 282 g/mol. The second kappa shape index (κ2) is 7.04. The Labute approximate surface area is 128 Å². The maximum atomic E-state index is 4.66. The van der Waals surface area contributed by atoms with Crippen LogP contribution in [0.15, 0.2) is 36.5 Å². The third-order valence-corrected chi connectivity index (χ3v) is 4.77. The molecule has 0 amide bonds. The molecule has 112 valence electrons. The number of hydrogen-bond acceptors (Lipinski definition) is 2. The van der Waals surface area contributed by atoms with Crippen molar-refractivity contribution >= 4 is 10.9 Å². The summed E-state index contributed by atoms with van der Waals surface area (Å²) in [6, 6.07) is 11.2. The molecule has 2 heteroatoms. The Balaban J connectivity index is 1.90. The molecule has 0 spiro atoms. The average Bonchev–Trinajstić information content (AvgIpc) is 2.81. The molecule has 0 saturated heterocycles. The summed E-state index contributed by atoms with van der Waals surface area (Å²) >= 11 is 0.